The van der Waals surface area contributed by atoms with E-state index in [0.717, 1.165) is 46.1 Å². The van der Waals surface area contributed by atoms with Gasteiger partial charge in [-0.15, -0.1) is 0 Å². The second-order valence-corrected chi connectivity index (χ2v) is 5.46. The van der Waals surface area contributed by atoms with Gasteiger partial charge in [0, 0.05) is 35.8 Å². The number of nitrogens with zero attached hydrogens (tertiary/aromatic N) is 4. The van der Waals surface area contributed by atoms with Crippen molar-refractivity contribution in [2.45, 2.75) is 13.3 Å². The Morgan fingerprint density at radius 1 is 1.21 bits per heavy atom. The number of pyridine rings is 1. The van der Waals surface area contributed by atoms with Crippen LogP contribution in [0.4, 0.5) is 0 Å². The van der Waals surface area contributed by atoms with Crippen molar-refractivity contribution in [3.63, 3.8) is 0 Å². The van der Waals surface area contributed by atoms with Crippen molar-refractivity contribution in [2.24, 2.45) is 0 Å². The molecule has 0 aliphatic heterocycles. The number of nitrogens with one attached hydrogen (secondary N) is 1. The van der Waals surface area contributed by atoms with Crippen molar-refractivity contribution in [1.29, 1.82) is 0 Å². The second kappa shape index (κ2) is 5.81. The number of aryl methyl sites for hydroxylation is 1. The SMILES string of the molecule is CCc1nc(-c2cnc3[nH]ccc3c2)n(-c2cccc(OC)c2)n1. The summed E-state index contributed by atoms with van der Waals surface area (Å²) in [5.74, 6) is 2.35. The summed E-state index contributed by atoms with van der Waals surface area (Å²) < 4.78 is 7.17. The number of benzene rings is 1. The van der Waals surface area contributed by atoms with Gasteiger partial charge in [-0.3, -0.25) is 0 Å². The van der Waals surface area contributed by atoms with Crippen LogP contribution in [0.1, 0.15) is 12.7 Å². The molecule has 0 amide bonds. The molecule has 4 rings (SSSR count). The Kier molecular flexibility index (Phi) is 3.49. The van der Waals surface area contributed by atoms with Crippen LogP contribution in [0, 0.1) is 0 Å². The van der Waals surface area contributed by atoms with Crippen LogP contribution in [0.5, 0.6) is 5.75 Å². The monoisotopic (exact) mass is 319 g/mol. The van der Waals surface area contributed by atoms with Crippen molar-refractivity contribution in [1.82, 2.24) is 24.7 Å². The van der Waals surface area contributed by atoms with Crippen LogP contribution in [-0.2, 0) is 6.42 Å². The number of hydrogen-bond acceptors (Lipinski definition) is 4. The fourth-order valence-corrected chi connectivity index (χ4v) is 2.68. The molecule has 6 heteroatoms. The van der Waals surface area contributed by atoms with E-state index in [9.17, 15) is 0 Å². The molecule has 0 atom stereocenters. The van der Waals surface area contributed by atoms with Gasteiger partial charge < -0.3 is 9.72 Å². The predicted molar refractivity (Wildman–Crippen MR) is 92.4 cm³/mol. The third kappa shape index (κ3) is 2.42. The second-order valence-electron chi connectivity index (χ2n) is 5.46. The molecule has 24 heavy (non-hydrogen) atoms. The first-order valence-corrected chi connectivity index (χ1v) is 7.82. The molecule has 4 aromatic rings. The number of methoxy groups -OCH3 is 1. The summed E-state index contributed by atoms with van der Waals surface area (Å²) in [6.45, 7) is 2.04. The van der Waals surface area contributed by atoms with Crippen LogP contribution in [0.2, 0.25) is 0 Å². The molecule has 3 heterocycles. The molecular formula is C18H17N5O. The summed E-state index contributed by atoms with van der Waals surface area (Å²) in [4.78, 5) is 12.2. The Morgan fingerprint density at radius 3 is 2.96 bits per heavy atom. The zero-order chi connectivity index (χ0) is 16.5. The maximum Gasteiger partial charge on any atom is 0.165 e. The molecule has 0 unspecified atom stereocenters. The Labute approximate surface area is 139 Å². The number of hydrogen-bond donors (Lipinski definition) is 1. The first kappa shape index (κ1) is 14.4. The van der Waals surface area contributed by atoms with E-state index in [4.69, 9.17) is 4.74 Å². The molecule has 0 saturated carbocycles. The quantitative estimate of drug-likeness (QED) is 0.626. The smallest absolute Gasteiger partial charge is 0.165 e. The van der Waals surface area contributed by atoms with E-state index in [-0.39, 0.29) is 0 Å². The van der Waals surface area contributed by atoms with Gasteiger partial charge in [0.05, 0.1) is 12.8 Å². The fourth-order valence-electron chi connectivity index (χ4n) is 2.68. The Morgan fingerprint density at radius 2 is 2.12 bits per heavy atom. The van der Waals surface area contributed by atoms with Crippen molar-refractivity contribution < 1.29 is 4.74 Å². The Bertz CT molecular complexity index is 1000. The van der Waals surface area contributed by atoms with Crippen LogP contribution >= 0.6 is 0 Å². The molecular weight excluding hydrogens is 302 g/mol. The summed E-state index contributed by atoms with van der Waals surface area (Å²) in [6, 6.07) is 11.9. The molecule has 0 aliphatic carbocycles. The normalized spacial score (nSPS) is 11.1. The standard InChI is InChI=1S/C18H17N5O/c1-3-16-21-18(13-9-12-7-8-19-17(12)20-11-13)23(22-16)14-5-4-6-15(10-14)24-2/h4-11H,3H2,1-2H3,(H,19,20). The molecule has 6 nitrogen and oxygen atoms in total. The maximum atomic E-state index is 5.32. The number of H-pyrrole nitrogens is 1. The van der Waals surface area contributed by atoms with Crippen molar-refractivity contribution in [2.75, 3.05) is 7.11 Å². The van der Waals surface area contributed by atoms with Crippen LogP contribution in [0.25, 0.3) is 28.1 Å². The van der Waals surface area contributed by atoms with E-state index in [2.05, 4.69) is 26.1 Å². The van der Waals surface area contributed by atoms with Gasteiger partial charge in [0.1, 0.15) is 11.4 Å². The molecule has 0 fully saturated rings. The van der Waals surface area contributed by atoms with E-state index in [1.807, 2.05) is 54.3 Å². The van der Waals surface area contributed by atoms with Crippen molar-refractivity contribution in [3.05, 3.63) is 54.6 Å². The Balaban J connectivity index is 1.89. The van der Waals surface area contributed by atoms with Gasteiger partial charge in [-0.05, 0) is 24.3 Å². The van der Waals surface area contributed by atoms with Crippen LogP contribution in [-0.4, -0.2) is 31.8 Å². The highest BCUT2D eigenvalue weighted by molar-refractivity contribution is 5.80. The number of aromatic nitrogens is 5. The van der Waals surface area contributed by atoms with Crippen molar-refractivity contribution in [3.8, 4) is 22.8 Å². The minimum atomic E-state index is 0.768. The number of aromatic amines is 1. The van der Waals surface area contributed by atoms with Gasteiger partial charge in [0.2, 0.25) is 0 Å². The molecule has 0 spiro atoms. The lowest BCUT2D eigenvalue weighted by Gasteiger charge is -2.07. The first-order valence-electron chi connectivity index (χ1n) is 7.82. The fraction of sp³-hybridized carbons (Fsp3) is 0.167. The van der Waals surface area contributed by atoms with Gasteiger partial charge in [-0.25, -0.2) is 14.6 Å². The Hall–Kier alpha value is -3.15. The number of ether oxygens (including phenoxy) is 1. The van der Waals surface area contributed by atoms with Gasteiger partial charge in [0.15, 0.2) is 11.6 Å². The molecule has 1 N–H and O–H groups in total. The van der Waals surface area contributed by atoms with Gasteiger partial charge in [0.25, 0.3) is 0 Å². The largest absolute Gasteiger partial charge is 0.497 e. The topological polar surface area (TPSA) is 68.6 Å². The molecule has 1 aromatic carbocycles. The minimum absolute atomic E-state index is 0.768. The summed E-state index contributed by atoms with van der Waals surface area (Å²) in [6.07, 6.45) is 4.47. The zero-order valence-electron chi connectivity index (χ0n) is 13.5. The molecule has 0 bridgehead atoms. The summed E-state index contributed by atoms with van der Waals surface area (Å²) in [5, 5.41) is 5.68. The highest BCUT2D eigenvalue weighted by Gasteiger charge is 2.14. The molecule has 0 radical (unpaired) electrons. The lowest BCUT2D eigenvalue weighted by atomic mass is 10.2. The van der Waals surface area contributed by atoms with Crippen LogP contribution < -0.4 is 4.74 Å². The predicted octanol–water partition coefficient (Wildman–Crippen LogP) is 3.38. The summed E-state index contributed by atoms with van der Waals surface area (Å²) in [7, 11) is 1.66. The third-order valence-corrected chi connectivity index (χ3v) is 3.92. The molecule has 3 aromatic heterocycles. The highest BCUT2D eigenvalue weighted by Crippen LogP contribution is 2.25. The van der Waals surface area contributed by atoms with Gasteiger partial charge in [-0.2, -0.15) is 5.10 Å². The van der Waals surface area contributed by atoms with Gasteiger partial charge in [-0.1, -0.05) is 13.0 Å². The summed E-state index contributed by atoms with van der Waals surface area (Å²) >= 11 is 0. The number of rotatable bonds is 4. The average Bonchev–Trinajstić information content (AvgIpc) is 3.27. The molecule has 0 aliphatic rings. The minimum Gasteiger partial charge on any atom is -0.497 e. The average molecular weight is 319 g/mol. The zero-order valence-corrected chi connectivity index (χ0v) is 13.5. The first-order chi connectivity index (χ1) is 11.8. The maximum absolute atomic E-state index is 5.32. The lowest BCUT2D eigenvalue weighted by Crippen LogP contribution is -2.00. The summed E-state index contributed by atoms with van der Waals surface area (Å²) in [5.41, 5.74) is 2.70. The van der Waals surface area contributed by atoms with Gasteiger partial charge >= 0.3 is 0 Å². The van der Waals surface area contributed by atoms with E-state index in [1.165, 1.54) is 0 Å². The molecule has 0 saturated heterocycles. The van der Waals surface area contributed by atoms with E-state index >= 15 is 0 Å². The van der Waals surface area contributed by atoms with Crippen molar-refractivity contribution >= 4 is 11.0 Å². The van der Waals surface area contributed by atoms with E-state index < -0.39 is 0 Å². The number of fused-ring (bicyclic) bond motifs is 1. The highest BCUT2D eigenvalue weighted by atomic mass is 16.5. The third-order valence-electron chi connectivity index (χ3n) is 3.92. The van der Waals surface area contributed by atoms with Crippen LogP contribution in [0.3, 0.4) is 0 Å². The molecule has 120 valence electrons. The van der Waals surface area contributed by atoms with Crippen LogP contribution in [0.15, 0.2) is 48.8 Å². The lowest BCUT2D eigenvalue weighted by molar-refractivity contribution is 0.414. The van der Waals surface area contributed by atoms with E-state index in [0.29, 0.717) is 0 Å². The van der Waals surface area contributed by atoms with E-state index in [1.54, 1.807) is 7.11 Å².